The van der Waals surface area contributed by atoms with E-state index in [1.54, 1.807) is 36.4 Å². The van der Waals surface area contributed by atoms with E-state index in [2.05, 4.69) is 16.0 Å². The molecule has 3 amide bonds. The van der Waals surface area contributed by atoms with Crippen LogP contribution in [0.2, 0.25) is 0 Å². The fourth-order valence-corrected chi connectivity index (χ4v) is 2.77. The predicted molar refractivity (Wildman–Crippen MR) is 110 cm³/mol. The molecule has 0 bridgehead atoms. The maximum absolute atomic E-state index is 12.8. The lowest BCUT2D eigenvalue weighted by atomic mass is 10.0. The molecule has 0 saturated carbocycles. The van der Waals surface area contributed by atoms with Gasteiger partial charge >= 0.3 is 0 Å². The molecule has 6 heteroatoms. The summed E-state index contributed by atoms with van der Waals surface area (Å²) < 4.78 is 0. The van der Waals surface area contributed by atoms with E-state index in [0.717, 1.165) is 5.56 Å². The second-order valence-corrected chi connectivity index (χ2v) is 6.99. The van der Waals surface area contributed by atoms with Crippen LogP contribution in [0, 0.1) is 12.8 Å². The van der Waals surface area contributed by atoms with Crippen molar-refractivity contribution in [3.8, 4) is 0 Å². The van der Waals surface area contributed by atoms with E-state index < -0.39 is 6.04 Å². The van der Waals surface area contributed by atoms with Crippen molar-refractivity contribution in [3.05, 3.63) is 65.2 Å². The number of anilines is 1. The van der Waals surface area contributed by atoms with E-state index in [0.29, 0.717) is 23.4 Å². The second-order valence-electron chi connectivity index (χ2n) is 6.99. The average molecular weight is 381 g/mol. The third-order valence-electron chi connectivity index (χ3n) is 4.25. The van der Waals surface area contributed by atoms with Crippen molar-refractivity contribution >= 4 is 23.4 Å². The van der Waals surface area contributed by atoms with Gasteiger partial charge in [0, 0.05) is 23.4 Å². The summed E-state index contributed by atoms with van der Waals surface area (Å²) in [5.41, 5.74) is 2.45. The quantitative estimate of drug-likeness (QED) is 0.689. The average Bonchev–Trinajstić information content (AvgIpc) is 2.66. The molecule has 0 aliphatic carbocycles. The maximum atomic E-state index is 12.8. The Hall–Kier alpha value is -3.15. The molecule has 6 nitrogen and oxygen atoms in total. The molecule has 0 radical (unpaired) electrons. The van der Waals surface area contributed by atoms with Gasteiger partial charge in [-0.05, 0) is 50.1 Å². The number of aryl methyl sites for hydroxylation is 1. The SMILES string of the molecule is CCNC(=O)c1cccc(NC(=O)[C@@H](NC(=O)c2cccc(C)c2)C(C)C)c1. The molecule has 148 valence electrons. The van der Waals surface area contributed by atoms with Gasteiger partial charge in [0.25, 0.3) is 11.8 Å². The van der Waals surface area contributed by atoms with Crippen molar-refractivity contribution in [3.63, 3.8) is 0 Å². The van der Waals surface area contributed by atoms with Crippen LogP contribution >= 0.6 is 0 Å². The van der Waals surface area contributed by atoms with Crippen molar-refractivity contribution in [1.82, 2.24) is 10.6 Å². The number of nitrogens with one attached hydrogen (secondary N) is 3. The summed E-state index contributed by atoms with van der Waals surface area (Å²) in [6, 6.07) is 13.2. The molecule has 0 saturated heterocycles. The number of rotatable bonds is 7. The summed E-state index contributed by atoms with van der Waals surface area (Å²) >= 11 is 0. The number of amides is 3. The maximum Gasteiger partial charge on any atom is 0.251 e. The van der Waals surface area contributed by atoms with Crippen molar-refractivity contribution in [2.45, 2.75) is 33.7 Å². The Balaban J connectivity index is 2.12. The minimum absolute atomic E-state index is 0.111. The Bertz CT molecular complexity index is 862. The molecule has 2 aromatic carbocycles. The van der Waals surface area contributed by atoms with Gasteiger partial charge in [0.1, 0.15) is 6.04 Å². The summed E-state index contributed by atoms with van der Waals surface area (Å²) in [4.78, 5) is 37.3. The number of hydrogen-bond donors (Lipinski definition) is 3. The third-order valence-corrected chi connectivity index (χ3v) is 4.25. The minimum atomic E-state index is -0.707. The molecule has 0 unspecified atom stereocenters. The molecular weight excluding hydrogens is 354 g/mol. The highest BCUT2D eigenvalue weighted by Gasteiger charge is 2.25. The first-order chi connectivity index (χ1) is 13.3. The van der Waals surface area contributed by atoms with Gasteiger partial charge in [0.05, 0.1) is 0 Å². The highest BCUT2D eigenvalue weighted by molar-refractivity contribution is 6.02. The highest BCUT2D eigenvalue weighted by Crippen LogP contribution is 2.14. The zero-order valence-corrected chi connectivity index (χ0v) is 16.7. The number of benzene rings is 2. The molecule has 28 heavy (non-hydrogen) atoms. The molecule has 0 aromatic heterocycles. The van der Waals surface area contributed by atoms with Gasteiger partial charge in [-0.3, -0.25) is 14.4 Å². The van der Waals surface area contributed by atoms with Crippen LogP contribution in [0.15, 0.2) is 48.5 Å². The van der Waals surface area contributed by atoms with Crippen molar-refractivity contribution in [2.24, 2.45) is 5.92 Å². The van der Waals surface area contributed by atoms with Crippen LogP contribution in [0.5, 0.6) is 0 Å². The van der Waals surface area contributed by atoms with Crippen LogP contribution < -0.4 is 16.0 Å². The number of hydrogen-bond acceptors (Lipinski definition) is 3. The summed E-state index contributed by atoms with van der Waals surface area (Å²) in [7, 11) is 0. The van der Waals surface area contributed by atoms with Crippen molar-refractivity contribution in [2.75, 3.05) is 11.9 Å². The van der Waals surface area contributed by atoms with E-state index >= 15 is 0 Å². The molecule has 0 aliphatic rings. The molecule has 1 atom stereocenters. The Morgan fingerprint density at radius 1 is 0.929 bits per heavy atom. The van der Waals surface area contributed by atoms with Gasteiger partial charge in [-0.25, -0.2) is 0 Å². The minimum Gasteiger partial charge on any atom is -0.352 e. The lowest BCUT2D eigenvalue weighted by molar-refractivity contribution is -0.118. The molecule has 2 rings (SSSR count). The van der Waals surface area contributed by atoms with Gasteiger partial charge in [0.15, 0.2) is 0 Å². The lowest BCUT2D eigenvalue weighted by Crippen LogP contribution is -2.47. The van der Waals surface area contributed by atoms with Gasteiger partial charge in [-0.15, -0.1) is 0 Å². The van der Waals surface area contributed by atoms with Gasteiger partial charge in [-0.1, -0.05) is 37.6 Å². The van der Waals surface area contributed by atoms with E-state index in [9.17, 15) is 14.4 Å². The van der Waals surface area contributed by atoms with Crippen LogP contribution in [0.1, 0.15) is 47.1 Å². The molecule has 0 aliphatic heterocycles. The first-order valence-corrected chi connectivity index (χ1v) is 9.38. The summed E-state index contributed by atoms with van der Waals surface area (Å²) in [5, 5.41) is 8.33. The van der Waals surface area contributed by atoms with E-state index in [4.69, 9.17) is 0 Å². The molecule has 3 N–H and O–H groups in total. The zero-order chi connectivity index (χ0) is 20.7. The van der Waals surface area contributed by atoms with Crippen LogP contribution in [-0.4, -0.2) is 30.3 Å². The van der Waals surface area contributed by atoms with E-state index in [1.165, 1.54) is 0 Å². The standard InChI is InChI=1S/C22H27N3O3/c1-5-23-20(26)17-10-7-11-18(13-17)24-22(28)19(14(2)3)25-21(27)16-9-6-8-15(4)12-16/h6-14,19H,5H2,1-4H3,(H,23,26)(H,24,28)(H,25,27)/t19-/m0/s1. The smallest absolute Gasteiger partial charge is 0.251 e. The summed E-state index contributed by atoms with van der Waals surface area (Å²) in [5.74, 6) is -0.940. The molecule has 2 aromatic rings. The Morgan fingerprint density at radius 2 is 1.57 bits per heavy atom. The third kappa shape index (κ3) is 5.67. The lowest BCUT2D eigenvalue weighted by Gasteiger charge is -2.22. The van der Waals surface area contributed by atoms with E-state index in [1.807, 2.05) is 39.8 Å². The van der Waals surface area contributed by atoms with Gasteiger partial charge < -0.3 is 16.0 Å². The summed E-state index contributed by atoms with van der Waals surface area (Å²) in [6.07, 6.45) is 0. The topological polar surface area (TPSA) is 87.3 Å². The monoisotopic (exact) mass is 381 g/mol. The predicted octanol–water partition coefficient (Wildman–Crippen LogP) is 3.14. The van der Waals surface area contributed by atoms with Gasteiger partial charge in [-0.2, -0.15) is 0 Å². The Morgan fingerprint density at radius 3 is 2.18 bits per heavy atom. The zero-order valence-electron chi connectivity index (χ0n) is 16.7. The van der Waals surface area contributed by atoms with Crippen LogP contribution in [0.4, 0.5) is 5.69 Å². The molecular formula is C22H27N3O3. The molecule has 0 spiro atoms. The van der Waals surface area contributed by atoms with Crippen LogP contribution in [0.3, 0.4) is 0 Å². The van der Waals surface area contributed by atoms with Crippen LogP contribution in [-0.2, 0) is 4.79 Å². The van der Waals surface area contributed by atoms with Gasteiger partial charge in [0.2, 0.25) is 5.91 Å². The van der Waals surface area contributed by atoms with Crippen LogP contribution in [0.25, 0.3) is 0 Å². The molecule has 0 fully saturated rings. The first kappa shape index (κ1) is 21.2. The first-order valence-electron chi connectivity index (χ1n) is 9.38. The fraction of sp³-hybridized carbons (Fsp3) is 0.318. The molecule has 0 heterocycles. The van der Waals surface area contributed by atoms with Crippen molar-refractivity contribution in [1.29, 1.82) is 0 Å². The fourth-order valence-electron chi connectivity index (χ4n) is 2.77. The highest BCUT2D eigenvalue weighted by atomic mass is 16.2. The van der Waals surface area contributed by atoms with E-state index in [-0.39, 0.29) is 23.6 Å². The largest absolute Gasteiger partial charge is 0.352 e. The van der Waals surface area contributed by atoms with Crippen molar-refractivity contribution < 1.29 is 14.4 Å². The number of carbonyl (C=O) groups excluding carboxylic acids is 3. The Kier molecular flexibility index (Phi) is 7.32. The Labute approximate surface area is 165 Å². The second kappa shape index (κ2) is 9.69. The number of carbonyl (C=O) groups is 3. The normalized spacial score (nSPS) is 11.6. The summed E-state index contributed by atoms with van der Waals surface area (Å²) in [6.45, 7) is 8.01.